The molecule has 2 aromatic heterocycles. The predicted octanol–water partition coefficient (Wildman–Crippen LogP) is 4.51. The Balaban J connectivity index is 1.70. The quantitative estimate of drug-likeness (QED) is 0.421. The van der Waals surface area contributed by atoms with Crippen molar-refractivity contribution < 1.29 is 5.11 Å². The van der Waals surface area contributed by atoms with Crippen LogP contribution in [0, 0.1) is 0 Å². The van der Waals surface area contributed by atoms with Gasteiger partial charge in [-0.05, 0) is 17.7 Å². The number of thiophene rings is 1. The summed E-state index contributed by atoms with van der Waals surface area (Å²) in [7, 11) is 0. The Bertz CT molecular complexity index is 1040. The van der Waals surface area contributed by atoms with Crippen LogP contribution in [0.1, 0.15) is 5.56 Å². The molecular weight excluding hydrogens is 332 g/mol. The molecule has 0 fully saturated rings. The number of benzene rings is 2. The fourth-order valence-electron chi connectivity index (χ4n) is 2.55. The summed E-state index contributed by atoms with van der Waals surface area (Å²) in [5, 5.41) is 17.0. The maximum Gasteiger partial charge on any atom is 0.159 e. The van der Waals surface area contributed by atoms with Gasteiger partial charge in [0, 0.05) is 16.5 Å². The van der Waals surface area contributed by atoms with E-state index in [1.54, 1.807) is 35.8 Å². The van der Waals surface area contributed by atoms with Crippen LogP contribution in [0.5, 0.6) is 5.75 Å². The fourth-order valence-corrected chi connectivity index (χ4v) is 3.47. The van der Waals surface area contributed by atoms with Gasteiger partial charge < -0.3 is 5.11 Å². The number of aromatic hydroxyl groups is 1. The second-order valence-corrected chi connectivity index (χ2v) is 6.20. The van der Waals surface area contributed by atoms with Gasteiger partial charge >= 0.3 is 0 Å². The number of hydrazone groups is 1. The van der Waals surface area contributed by atoms with Crippen LogP contribution in [-0.2, 0) is 0 Å². The highest BCUT2D eigenvalue weighted by Gasteiger charge is 2.12. The summed E-state index contributed by atoms with van der Waals surface area (Å²) >= 11 is 1.57. The number of anilines is 1. The zero-order valence-corrected chi connectivity index (χ0v) is 13.9. The number of phenols is 1. The molecule has 2 aromatic carbocycles. The van der Waals surface area contributed by atoms with Gasteiger partial charge in [0.05, 0.1) is 11.6 Å². The van der Waals surface area contributed by atoms with Gasteiger partial charge in [0.15, 0.2) is 5.82 Å². The summed E-state index contributed by atoms with van der Waals surface area (Å²) in [5.41, 5.74) is 5.79. The highest BCUT2D eigenvalue weighted by Crippen LogP contribution is 2.36. The monoisotopic (exact) mass is 346 g/mol. The number of hydrogen-bond acceptors (Lipinski definition) is 6. The molecule has 0 unspecified atom stereocenters. The van der Waals surface area contributed by atoms with E-state index in [9.17, 15) is 5.11 Å². The molecule has 2 heterocycles. The minimum absolute atomic E-state index is 0.182. The minimum atomic E-state index is 0.182. The zero-order valence-electron chi connectivity index (χ0n) is 13.1. The van der Waals surface area contributed by atoms with E-state index in [-0.39, 0.29) is 5.75 Å². The van der Waals surface area contributed by atoms with Crippen LogP contribution in [0.2, 0.25) is 0 Å². The molecule has 0 saturated carbocycles. The zero-order chi connectivity index (χ0) is 17.1. The summed E-state index contributed by atoms with van der Waals surface area (Å²) < 4.78 is 0. The number of phenolic OH excluding ortho intramolecular Hbond substituents is 1. The molecule has 5 nitrogen and oxygen atoms in total. The molecule has 4 rings (SSSR count). The van der Waals surface area contributed by atoms with Crippen LogP contribution in [0.3, 0.4) is 0 Å². The van der Waals surface area contributed by atoms with Crippen LogP contribution in [0.15, 0.2) is 71.4 Å². The molecule has 25 heavy (non-hydrogen) atoms. The molecule has 2 N–H and O–H groups in total. The summed E-state index contributed by atoms with van der Waals surface area (Å²) in [6, 6.07) is 17.1. The van der Waals surface area contributed by atoms with Gasteiger partial charge in [-0.15, -0.1) is 11.3 Å². The molecule has 0 aliphatic heterocycles. The van der Waals surface area contributed by atoms with Crippen molar-refractivity contribution in [1.29, 1.82) is 0 Å². The molecular formula is C19H14N4OS. The lowest BCUT2D eigenvalue weighted by molar-refractivity contribution is 0.474. The molecule has 0 amide bonds. The summed E-state index contributed by atoms with van der Waals surface area (Å²) in [6.45, 7) is 0. The molecule has 4 aromatic rings. The van der Waals surface area contributed by atoms with Gasteiger partial charge in [-0.25, -0.2) is 9.97 Å². The second-order valence-electron chi connectivity index (χ2n) is 5.35. The molecule has 0 aliphatic rings. The first-order valence-corrected chi connectivity index (χ1v) is 8.55. The standard InChI is InChI=1S/C19H14N4OS/c24-16-9-5-4-8-14(16)10-22-23-18-17-15(13-6-2-1-3-7-13)11-25-19(17)21-12-20-18/h1-12,24H,(H,20,21,23)/b22-10-. The van der Waals surface area contributed by atoms with E-state index in [4.69, 9.17) is 0 Å². The highest BCUT2D eigenvalue weighted by molar-refractivity contribution is 7.17. The van der Waals surface area contributed by atoms with Crippen LogP contribution in [0.4, 0.5) is 5.82 Å². The van der Waals surface area contributed by atoms with E-state index in [0.29, 0.717) is 11.4 Å². The number of aromatic nitrogens is 2. The number of rotatable bonds is 4. The minimum Gasteiger partial charge on any atom is -0.507 e. The highest BCUT2D eigenvalue weighted by atomic mass is 32.1. The average Bonchev–Trinajstić information content (AvgIpc) is 3.09. The lowest BCUT2D eigenvalue weighted by Crippen LogP contribution is -1.95. The lowest BCUT2D eigenvalue weighted by atomic mass is 10.1. The van der Waals surface area contributed by atoms with Crippen molar-refractivity contribution in [3.63, 3.8) is 0 Å². The largest absolute Gasteiger partial charge is 0.507 e. The maximum absolute atomic E-state index is 9.80. The topological polar surface area (TPSA) is 70.4 Å². The smallest absolute Gasteiger partial charge is 0.159 e. The molecule has 0 spiro atoms. The third kappa shape index (κ3) is 3.07. The van der Waals surface area contributed by atoms with Gasteiger partial charge in [0.25, 0.3) is 0 Å². The SMILES string of the molecule is Oc1ccccc1/C=N\Nc1ncnc2scc(-c3ccccc3)c12. The Kier molecular flexibility index (Phi) is 4.10. The second kappa shape index (κ2) is 6.70. The first-order chi connectivity index (χ1) is 12.3. The van der Waals surface area contributed by atoms with Crippen LogP contribution < -0.4 is 5.43 Å². The predicted molar refractivity (Wildman–Crippen MR) is 102 cm³/mol. The summed E-state index contributed by atoms with van der Waals surface area (Å²) in [5.74, 6) is 0.818. The average molecular weight is 346 g/mol. The van der Waals surface area contributed by atoms with Crippen molar-refractivity contribution in [2.45, 2.75) is 0 Å². The number of nitrogens with one attached hydrogen (secondary N) is 1. The number of para-hydroxylation sites is 1. The Morgan fingerprint density at radius 3 is 2.64 bits per heavy atom. The Morgan fingerprint density at radius 1 is 1.00 bits per heavy atom. The van der Waals surface area contributed by atoms with E-state index in [1.165, 1.54) is 6.33 Å². The van der Waals surface area contributed by atoms with E-state index in [1.807, 2.05) is 24.3 Å². The van der Waals surface area contributed by atoms with Gasteiger partial charge in [-0.3, -0.25) is 5.43 Å². The molecule has 122 valence electrons. The number of fused-ring (bicyclic) bond motifs is 1. The van der Waals surface area contributed by atoms with Crippen LogP contribution >= 0.6 is 11.3 Å². The van der Waals surface area contributed by atoms with Gasteiger partial charge in [-0.1, -0.05) is 42.5 Å². The third-order valence-electron chi connectivity index (χ3n) is 3.77. The van der Waals surface area contributed by atoms with E-state index in [2.05, 4.69) is 38.0 Å². The summed E-state index contributed by atoms with van der Waals surface area (Å²) in [6.07, 6.45) is 3.09. The third-order valence-corrected chi connectivity index (χ3v) is 4.65. The van der Waals surface area contributed by atoms with E-state index < -0.39 is 0 Å². The maximum atomic E-state index is 9.80. The first kappa shape index (κ1) is 15.3. The van der Waals surface area contributed by atoms with Crippen molar-refractivity contribution in [3.05, 3.63) is 71.9 Å². The van der Waals surface area contributed by atoms with Crippen molar-refractivity contribution in [1.82, 2.24) is 9.97 Å². The van der Waals surface area contributed by atoms with E-state index in [0.717, 1.165) is 21.3 Å². The van der Waals surface area contributed by atoms with Crippen molar-refractivity contribution in [2.24, 2.45) is 5.10 Å². The first-order valence-electron chi connectivity index (χ1n) is 7.67. The number of nitrogens with zero attached hydrogens (tertiary/aromatic N) is 3. The van der Waals surface area contributed by atoms with Gasteiger partial charge in [-0.2, -0.15) is 5.10 Å². The lowest BCUT2D eigenvalue weighted by Gasteiger charge is -2.04. The number of hydrogen-bond donors (Lipinski definition) is 2. The summed E-state index contributed by atoms with van der Waals surface area (Å²) in [4.78, 5) is 9.57. The Hall–Kier alpha value is -3.25. The Labute approximate surface area is 148 Å². The molecule has 0 saturated heterocycles. The van der Waals surface area contributed by atoms with Crippen molar-refractivity contribution in [2.75, 3.05) is 5.43 Å². The fraction of sp³-hybridized carbons (Fsp3) is 0. The van der Waals surface area contributed by atoms with Gasteiger partial charge in [0.2, 0.25) is 0 Å². The van der Waals surface area contributed by atoms with Gasteiger partial charge in [0.1, 0.15) is 16.9 Å². The Morgan fingerprint density at radius 2 is 1.80 bits per heavy atom. The normalized spacial score (nSPS) is 11.2. The van der Waals surface area contributed by atoms with Crippen molar-refractivity contribution >= 4 is 33.6 Å². The molecule has 0 radical (unpaired) electrons. The molecule has 0 bridgehead atoms. The van der Waals surface area contributed by atoms with Crippen LogP contribution in [0.25, 0.3) is 21.3 Å². The van der Waals surface area contributed by atoms with E-state index >= 15 is 0 Å². The van der Waals surface area contributed by atoms with Crippen molar-refractivity contribution in [3.8, 4) is 16.9 Å². The van der Waals surface area contributed by atoms with Crippen LogP contribution in [-0.4, -0.2) is 21.3 Å². The molecule has 0 aliphatic carbocycles. The molecule has 0 atom stereocenters. The molecule has 6 heteroatoms.